The molecule has 2 aromatic rings. The summed E-state index contributed by atoms with van der Waals surface area (Å²) in [5.74, 6) is 1.27. The molecule has 1 aromatic carbocycles. The number of para-hydroxylation sites is 1. The van der Waals surface area contributed by atoms with Gasteiger partial charge in [-0.3, -0.25) is 19.5 Å². The second-order valence-electron chi connectivity index (χ2n) is 10.5. The lowest BCUT2D eigenvalue weighted by atomic mass is 9.73. The molecule has 4 heterocycles. The van der Waals surface area contributed by atoms with Crippen molar-refractivity contribution in [1.29, 1.82) is 0 Å². The molecule has 1 N–H and O–H groups in total. The van der Waals surface area contributed by atoms with Crippen molar-refractivity contribution < 1.29 is 14.3 Å². The third kappa shape index (κ3) is 5.56. The van der Waals surface area contributed by atoms with Crippen molar-refractivity contribution in [1.82, 2.24) is 20.1 Å². The number of fused-ring (bicyclic) bond motifs is 1. The Labute approximate surface area is 214 Å². The van der Waals surface area contributed by atoms with Crippen LogP contribution in [0.1, 0.15) is 62.2 Å². The van der Waals surface area contributed by atoms with E-state index in [2.05, 4.69) is 27.3 Å². The summed E-state index contributed by atoms with van der Waals surface area (Å²) >= 11 is 0. The number of likely N-dealkylation sites (tertiary alicyclic amines) is 2. The maximum absolute atomic E-state index is 13.3. The highest BCUT2D eigenvalue weighted by Gasteiger charge is 2.41. The standard InChI is InChI=1S/C29H38N4O3/c34-27(33-18-7-11-25(33)24-10-4-6-16-30-24)22-32-19-14-29(15-20-32)13-5-3-9-23-8-1-2-12-26(23)36-21-17-31-28(29)35/h1-2,4,6,8,10,12,16,25H,3,5,7,9,11,13-15,17-22H2,(H,31,35). The molecule has 0 bridgehead atoms. The van der Waals surface area contributed by atoms with Crippen LogP contribution in [0.25, 0.3) is 0 Å². The Kier molecular flexibility index (Phi) is 7.85. The van der Waals surface area contributed by atoms with Gasteiger partial charge in [0.1, 0.15) is 12.4 Å². The fourth-order valence-corrected chi connectivity index (χ4v) is 6.10. The summed E-state index contributed by atoms with van der Waals surface area (Å²) in [6, 6.07) is 14.2. The maximum atomic E-state index is 13.3. The van der Waals surface area contributed by atoms with E-state index >= 15 is 0 Å². The van der Waals surface area contributed by atoms with E-state index in [9.17, 15) is 9.59 Å². The number of carbonyl (C=O) groups excluding carboxylic acids is 2. The van der Waals surface area contributed by atoms with Crippen molar-refractivity contribution >= 4 is 11.8 Å². The summed E-state index contributed by atoms with van der Waals surface area (Å²) in [6.45, 7) is 3.77. The van der Waals surface area contributed by atoms with Crippen LogP contribution in [0.3, 0.4) is 0 Å². The zero-order valence-electron chi connectivity index (χ0n) is 21.2. The molecule has 2 amide bonds. The molecule has 2 fully saturated rings. The Bertz CT molecular complexity index is 1040. The summed E-state index contributed by atoms with van der Waals surface area (Å²) in [5, 5.41) is 3.15. The van der Waals surface area contributed by atoms with Crippen LogP contribution in [0.5, 0.6) is 5.75 Å². The normalized spacial score (nSPS) is 23.2. The van der Waals surface area contributed by atoms with E-state index in [4.69, 9.17) is 4.74 Å². The van der Waals surface area contributed by atoms with Crippen molar-refractivity contribution in [3.05, 3.63) is 59.9 Å². The molecule has 1 aromatic heterocycles. The quantitative estimate of drug-likeness (QED) is 0.709. The van der Waals surface area contributed by atoms with Crippen LogP contribution in [0.15, 0.2) is 48.7 Å². The number of hydrogen-bond donors (Lipinski definition) is 1. The molecule has 1 unspecified atom stereocenters. The minimum Gasteiger partial charge on any atom is -0.491 e. The summed E-state index contributed by atoms with van der Waals surface area (Å²) in [4.78, 5) is 35.3. The molecule has 7 heteroatoms. The Morgan fingerprint density at radius 3 is 2.69 bits per heavy atom. The van der Waals surface area contributed by atoms with Crippen LogP contribution in [0.4, 0.5) is 0 Å². The number of rotatable bonds is 3. The van der Waals surface area contributed by atoms with Crippen molar-refractivity contribution in [2.45, 2.75) is 57.4 Å². The van der Waals surface area contributed by atoms with Gasteiger partial charge >= 0.3 is 0 Å². The molecule has 7 nitrogen and oxygen atoms in total. The van der Waals surface area contributed by atoms with E-state index in [-0.39, 0.29) is 23.3 Å². The molecule has 36 heavy (non-hydrogen) atoms. The molecule has 0 saturated carbocycles. The van der Waals surface area contributed by atoms with E-state index < -0.39 is 0 Å². The molecule has 0 radical (unpaired) electrons. The largest absolute Gasteiger partial charge is 0.491 e. The van der Waals surface area contributed by atoms with Crippen molar-refractivity contribution in [2.75, 3.05) is 39.3 Å². The summed E-state index contributed by atoms with van der Waals surface area (Å²) in [7, 11) is 0. The van der Waals surface area contributed by atoms with Crippen LogP contribution in [-0.4, -0.2) is 65.9 Å². The number of aromatic nitrogens is 1. The van der Waals surface area contributed by atoms with Gasteiger partial charge in [-0.15, -0.1) is 0 Å². The average molecular weight is 491 g/mol. The molecule has 0 aliphatic carbocycles. The topological polar surface area (TPSA) is 74.8 Å². The van der Waals surface area contributed by atoms with Gasteiger partial charge in [-0.2, -0.15) is 0 Å². The van der Waals surface area contributed by atoms with Gasteiger partial charge in [-0.25, -0.2) is 0 Å². The van der Waals surface area contributed by atoms with Gasteiger partial charge < -0.3 is 15.0 Å². The first-order valence-electron chi connectivity index (χ1n) is 13.6. The number of hydrogen-bond acceptors (Lipinski definition) is 5. The number of carbonyl (C=O) groups is 2. The monoisotopic (exact) mass is 490 g/mol. The van der Waals surface area contributed by atoms with Gasteiger partial charge in [-0.1, -0.05) is 30.7 Å². The second kappa shape index (κ2) is 11.4. The molecular weight excluding hydrogens is 452 g/mol. The number of amides is 2. The molecular formula is C29H38N4O3. The molecule has 192 valence electrons. The van der Waals surface area contributed by atoms with E-state index in [0.29, 0.717) is 19.7 Å². The van der Waals surface area contributed by atoms with Crippen LogP contribution in [-0.2, 0) is 16.0 Å². The minimum atomic E-state index is -0.345. The highest BCUT2D eigenvalue weighted by Crippen LogP contribution is 2.38. The molecule has 1 atom stereocenters. The highest BCUT2D eigenvalue weighted by atomic mass is 16.5. The number of benzene rings is 1. The predicted octanol–water partition coefficient (Wildman–Crippen LogP) is 3.75. The number of pyridine rings is 1. The summed E-state index contributed by atoms with van der Waals surface area (Å²) in [5.41, 5.74) is 1.89. The Morgan fingerprint density at radius 2 is 1.86 bits per heavy atom. The third-order valence-electron chi connectivity index (χ3n) is 8.23. The zero-order valence-corrected chi connectivity index (χ0v) is 21.2. The minimum absolute atomic E-state index is 0.0827. The van der Waals surface area contributed by atoms with Gasteiger partial charge in [0.15, 0.2) is 0 Å². The third-order valence-corrected chi connectivity index (χ3v) is 8.23. The van der Waals surface area contributed by atoms with Crippen LogP contribution < -0.4 is 10.1 Å². The fourth-order valence-electron chi connectivity index (χ4n) is 6.10. The number of ether oxygens (including phenoxy) is 1. The first-order chi connectivity index (χ1) is 17.6. The van der Waals surface area contributed by atoms with E-state index in [1.54, 1.807) is 6.20 Å². The summed E-state index contributed by atoms with van der Waals surface area (Å²) in [6.07, 6.45) is 9.32. The van der Waals surface area contributed by atoms with Crippen LogP contribution >= 0.6 is 0 Å². The lowest BCUT2D eigenvalue weighted by Gasteiger charge is -2.41. The first kappa shape index (κ1) is 24.8. The molecule has 2 saturated heterocycles. The molecule has 3 aliphatic rings. The molecule has 1 spiro atoms. The van der Waals surface area contributed by atoms with Gasteiger partial charge in [-0.05, 0) is 81.8 Å². The van der Waals surface area contributed by atoms with Crippen molar-refractivity contribution in [3.8, 4) is 5.75 Å². The van der Waals surface area contributed by atoms with Gasteiger partial charge in [0.2, 0.25) is 11.8 Å². The summed E-state index contributed by atoms with van der Waals surface area (Å²) < 4.78 is 5.97. The van der Waals surface area contributed by atoms with Gasteiger partial charge in [0.05, 0.1) is 30.2 Å². The Hall–Kier alpha value is -2.93. The fraction of sp³-hybridized carbons (Fsp3) is 0.552. The average Bonchev–Trinajstić information content (AvgIpc) is 3.41. The van der Waals surface area contributed by atoms with Gasteiger partial charge in [0, 0.05) is 12.7 Å². The smallest absolute Gasteiger partial charge is 0.237 e. The van der Waals surface area contributed by atoms with Crippen LogP contribution in [0.2, 0.25) is 0 Å². The van der Waals surface area contributed by atoms with Crippen molar-refractivity contribution in [3.63, 3.8) is 0 Å². The second-order valence-corrected chi connectivity index (χ2v) is 10.5. The lowest BCUT2D eigenvalue weighted by Crippen LogP contribution is -2.51. The predicted molar refractivity (Wildman–Crippen MR) is 139 cm³/mol. The van der Waals surface area contributed by atoms with Crippen molar-refractivity contribution in [2.24, 2.45) is 5.41 Å². The molecule has 5 rings (SSSR count). The van der Waals surface area contributed by atoms with E-state index in [0.717, 1.165) is 82.4 Å². The maximum Gasteiger partial charge on any atom is 0.237 e. The Balaban J connectivity index is 1.18. The number of aryl methyl sites for hydroxylation is 1. The lowest BCUT2D eigenvalue weighted by molar-refractivity contribution is -0.137. The SMILES string of the molecule is O=C(CN1CCC2(CCCCc3ccccc3OCCNC2=O)CC1)N1CCCC1c1ccccn1. The van der Waals surface area contributed by atoms with Crippen LogP contribution in [0, 0.1) is 5.41 Å². The number of nitrogens with one attached hydrogen (secondary N) is 1. The van der Waals surface area contributed by atoms with E-state index in [1.807, 2.05) is 35.2 Å². The number of nitrogens with zero attached hydrogens (tertiary/aromatic N) is 3. The van der Waals surface area contributed by atoms with Gasteiger partial charge in [0.25, 0.3) is 0 Å². The first-order valence-corrected chi connectivity index (χ1v) is 13.6. The number of piperidine rings is 1. The Morgan fingerprint density at radius 1 is 1.03 bits per heavy atom. The van der Waals surface area contributed by atoms with E-state index in [1.165, 1.54) is 5.56 Å². The molecule has 3 aliphatic heterocycles. The highest BCUT2D eigenvalue weighted by molar-refractivity contribution is 5.83. The zero-order chi connectivity index (χ0) is 24.8.